The van der Waals surface area contributed by atoms with Crippen molar-refractivity contribution < 1.29 is 24.2 Å². The van der Waals surface area contributed by atoms with Crippen molar-refractivity contribution >= 4 is 17.4 Å². The molecule has 1 heterocycles. The number of hydrogen-bond acceptors (Lipinski definition) is 5. The number of benzene rings is 2. The summed E-state index contributed by atoms with van der Waals surface area (Å²) in [5, 5.41) is 11.3. The Bertz CT molecular complexity index is 1060. The van der Waals surface area contributed by atoms with E-state index in [-0.39, 0.29) is 23.5 Å². The summed E-state index contributed by atoms with van der Waals surface area (Å²) >= 11 is 0. The molecule has 6 heteroatoms. The molecule has 6 nitrogen and oxygen atoms in total. The van der Waals surface area contributed by atoms with Gasteiger partial charge in [-0.3, -0.25) is 9.59 Å². The minimum Gasteiger partial charge on any atom is -0.507 e. The van der Waals surface area contributed by atoms with Gasteiger partial charge in [0.1, 0.15) is 17.3 Å². The van der Waals surface area contributed by atoms with Crippen molar-refractivity contribution in [3.63, 3.8) is 0 Å². The molecule has 182 valence electrons. The van der Waals surface area contributed by atoms with Crippen molar-refractivity contribution in [2.24, 2.45) is 0 Å². The van der Waals surface area contributed by atoms with Gasteiger partial charge in [-0.15, -0.1) is 0 Å². The average molecular weight is 466 g/mol. The fourth-order valence-corrected chi connectivity index (χ4v) is 4.16. The molecule has 2 aromatic rings. The third-order valence-electron chi connectivity index (χ3n) is 5.57. The fourth-order valence-electron chi connectivity index (χ4n) is 4.16. The number of hydrogen-bond donors (Lipinski definition) is 1. The zero-order valence-corrected chi connectivity index (χ0v) is 20.7. The van der Waals surface area contributed by atoms with Crippen LogP contribution in [0.4, 0.5) is 0 Å². The molecule has 1 unspecified atom stereocenters. The zero-order valence-electron chi connectivity index (χ0n) is 20.7. The van der Waals surface area contributed by atoms with Crippen LogP contribution in [0, 0.1) is 0 Å². The first kappa shape index (κ1) is 25.3. The topological polar surface area (TPSA) is 76.1 Å². The number of Topliss-reactive ketones (excluding diaryl/α,β-unsaturated/α-hetero) is 1. The minimum atomic E-state index is -0.692. The van der Waals surface area contributed by atoms with E-state index in [1.807, 2.05) is 52.0 Å². The Balaban J connectivity index is 2.11. The Hall–Kier alpha value is -3.28. The third-order valence-corrected chi connectivity index (χ3v) is 5.57. The summed E-state index contributed by atoms with van der Waals surface area (Å²) in [6.07, 6.45) is 2.66. The molecule has 1 amide bonds. The number of likely N-dealkylation sites (tertiary alicyclic amines) is 1. The molecule has 1 fully saturated rings. The second kappa shape index (κ2) is 11.2. The van der Waals surface area contributed by atoms with E-state index < -0.39 is 17.7 Å². The molecule has 1 aliphatic heterocycles. The Labute approximate surface area is 202 Å². The lowest BCUT2D eigenvalue weighted by atomic mass is 9.95. The number of ketones is 1. The van der Waals surface area contributed by atoms with Gasteiger partial charge in [0.25, 0.3) is 11.7 Å². The maximum atomic E-state index is 13.2. The number of rotatable bonds is 10. The normalized spacial score (nSPS) is 17.6. The molecule has 2 aromatic carbocycles. The van der Waals surface area contributed by atoms with Crippen molar-refractivity contribution in [1.82, 2.24) is 4.90 Å². The van der Waals surface area contributed by atoms with Crippen LogP contribution in [-0.4, -0.2) is 40.4 Å². The Morgan fingerprint density at radius 2 is 1.56 bits per heavy atom. The van der Waals surface area contributed by atoms with E-state index in [9.17, 15) is 14.7 Å². The summed E-state index contributed by atoms with van der Waals surface area (Å²) in [4.78, 5) is 27.9. The van der Waals surface area contributed by atoms with Crippen LogP contribution in [-0.2, 0) is 9.59 Å². The van der Waals surface area contributed by atoms with Crippen LogP contribution in [0.15, 0.2) is 54.1 Å². The first-order chi connectivity index (χ1) is 16.2. The third kappa shape index (κ3) is 5.79. The molecule has 0 radical (unpaired) electrons. The number of unbranched alkanes of at least 4 members (excludes halogenated alkanes) is 2. The molecule has 1 N–H and O–H groups in total. The maximum absolute atomic E-state index is 13.2. The minimum absolute atomic E-state index is 0.0186. The molecule has 0 spiro atoms. The lowest BCUT2D eigenvalue weighted by Crippen LogP contribution is -2.30. The summed E-state index contributed by atoms with van der Waals surface area (Å²) in [5.41, 5.74) is 1.25. The van der Waals surface area contributed by atoms with E-state index in [0.717, 1.165) is 24.8 Å². The van der Waals surface area contributed by atoms with E-state index in [1.165, 1.54) is 0 Å². The molecule has 34 heavy (non-hydrogen) atoms. The number of nitrogens with zero attached hydrogens (tertiary/aromatic N) is 1. The summed E-state index contributed by atoms with van der Waals surface area (Å²) in [7, 11) is 0. The lowest BCUT2D eigenvalue weighted by Gasteiger charge is -2.26. The van der Waals surface area contributed by atoms with Gasteiger partial charge in [-0.25, -0.2) is 0 Å². The van der Waals surface area contributed by atoms with Gasteiger partial charge in [-0.1, -0.05) is 44.0 Å². The summed E-state index contributed by atoms with van der Waals surface area (Å²) in [5.74, 6) is -0.235. The molecular weight excluding hydrogens is 430 g/mol. The summed E-state index contributed by atoms with van der Waals surface area (Å²) in [6, 6.07) is 13.7. The molecule has 1 atom stereocenters. The maximum Gasteiger partial charge on any atom is 0.295 e. The highest BCUT2D eigenvalue weighted by molar-refractivity contribution is 6.46. The molecular formula is C28H35NO5. The van der Waals surface area contributed by atoms with Gasteiger partial charge in [0.2, 0.25) is 0 Å². The van der Waals surface area contributed by atoms with Crippen LogP contribution in [0.5, 0.6) is 11.5 Å². The monoisotopic (exact) mass is 465 g/mol. The van der Waals surface area contributed by atoms with Gasteiger partial charge in [-0.05, 0) is 63.9 Å². The van der Waals surface area contributed by atoms with Crippen molar-refractivity contribution in [2.75, 3.05) is 6.54 Å². The van der Waals surface area contributed by atoms with Crippen LogP contribution in [0.25, 0.3) is 5.76 Å². The standard InChI is InChI=1S/C28H35NO5/c1-6-7-8-15-29-25(20-11-9-13-22(16-20)33-18(2)3)24(27(31)28(29)32)26(30)21-12-10-14-23(17-21)34-19(4)5/h9-14,16-19,25,30H,6-8,15H2,1-5H3/b26-24-. The second-order valence-electron chi connectivity index (χ2n) is 9.13. The summed E-state index contributed by atoms with van der Waals surface area (Å²) in [6.45, 7) is 10.2. The van der Waals surface area contributed by atoms with E-state index >= 15 is 0 Å². The van der Waals surface area contributed by atoms with E-state index in [1.54, 1.807) is 29.2 Å². The van der Waals surface area contributed by atoms with Gasteiger partial charge in [0.05, 0.1) is 23.8 Å². The average Bonchev–Trinajstić information content (AvgIpc) is 3.03. The van der Waals surface area contributed by atoms with Crippen molar-refractivity contribution in [1.29, 1.82) is 0 Å². The Morgan fingerprint density at radius 3 is 2.18 bits per heavy atom. The first-order valence-electron chi connectivity index (χ1n) is 12.0. The molecule has 0 bridgehead atoms. The van der Waals surface area contributed by atoms with Crippen molar-refractivity contribution in [2.45, 2.75) is 72.1 Å². The fraction of sp³-hybridized carbons (Fsp3) is 0.429. The van der Waals surface area contributed by atoms with Crippen LogP contribution in [0.2, 0.25) is 0 Å². The quantitative estimate of drug-likeness (QED) is 0.205. The molecule has 1 saturated heterocycles. The molecule has 0 aliphatic carbocycles. The van der Waals surface area contributed by atoms with Crippen LogP contribution < -0.4 is 9.47 Å². The smallest absolute Gasteiger partial charge is 0.295 e. The van der Waals surface area contributed by atoms with E-state index in [0.29, 0.717) is 23.6 Å². The lowest BCUT2D eigenvalue weighted by molar-refractivity contribution is -0.139. The molecule has 3 rings (SSSR count). The SMILES string of the molecule is CCCCCN1C(=O)C(=O)/C(=C(\O)c2cccc(OC(C)C)c2)C1c1cccc(OC(C)C)c1. The molecule has 0 aromatic heterocycles. The highest BCUT2D eigenvalue weighted by Gasteiger charge is 2.45. The van der Waals surface area contributed by atoms with Gasteiger partial charge in [-0.2, -0.15) is 0 Å². The molecule has 0 saturated carbocycles. The molecule has 1 aliphatic rings. The number of aliphatic hydroxyl groups excluding tert-OH is 1. The highest BCUT2D eigenvalue weighted by atomic mass is 16.5. The zero-order chi connectivity index (χ0) is 24.8. The number of amides is 1. The Kier molecular flexibility index (Phi) is 8.37. The summed E-state index contributed by atoms with van der Waals surface area (Å²) < 4.78 is 11.6. The van der Waals surface area contributed by atoms with Gasteiger partial charge >= 0.3 is 0 Å². The number of ether oxygens (including phenoxy) is 2. The second-order valence-corrected chi connectivity index (χ2v) is 9.13. The predicted octanol–water partition coefficient (Wildman–Crippen LogP) is 5.87. The van der Waals surface area contributed by atoms with Crippen LogP contribution in [0.1, 0.15) is 71.0 Å². The highest BCUT2D eigenvalue weighted by Crippen LogP contribution is 2.40. The number of carbonyl (C=O) groups excluding carboxylic acids is 2. The van der Waals surface area contributed by atoms with Gasteiger partial charge in [0.15, 0.2) is 0 Å². The van der Waals surface area contributed by atoms with Crippen molar-refractivity contribution in [3.8, 4) is 11.5 Å². The van der Waals surface area contributed by atoms with Crippen molar-refractivity contribution in [3.05, 3.63) is 65.2 Å². The van der Waals surface area contributed by atoms with E-state index in [4.69, 9.17) is 9.47 Å². The largest absolute Gasteiger partial charge is 0.507 e. The number of carbonyl (C=O) groups is 2. The van der Waals surface area contributed by atoms with E-state index in [2.05, 4.69) is 6.92 Å². The van der Waals surface area contributed by atoms with Crippen LogP contribution >= 0.6 is 0 Å². The van der Waals surface area contributed by atoms with Gasteiger partial charge < -0.3 is 19.5 Å². The number of aliphatic hydroxyl groups is 1. The predicted molar refractivity (Wildman–Crippen MR) is 133 cm³/mol. The van der Waals surface area contributed by atoms with Crippen LogP contribution in [0.3, 0.4) is 0 Å². The first-order valence-corrected chi connectivity index (χ1v) is 12.0. The Morgan fingerprint density at radius 1 is 0.941 bits per heavy atom. The van der Waals surface area contributed by atoms with Gasteiger partial charge in [0, 0.05) is 12.1 Å².